The molecule has 3 rings (SSSR count). The number of aromatic nitrogens is 2. The lowest BCUT2D eigenvalue weighted by atomic mass is 9.99. The van der Waals surface area contributed by atoms with Crippen LogP contribution in [0.3, 0.4) is 0 Å². The lowest BCUT2D eigenvalue weighted by Gasteiger charge is -2.20. The summed E-state index contributed by atoms with van der Waals surface area (Å²) in [7, 11) is 1.38. The molecule has 0 aliphatic carbocycles. The van der Waals surface area contributed by atoms with Crippen LogP contribution in [0.15, 0.2) is 35.3 Å². The van der Waals surface area contributed by atoms with Crippen molar-refractivity contribution in [1.82, 2.24) is 14.5 Å². The van der Waals surface area contributed by atoms with Crippen LogP contribution in [0.5, 0.6) is 5.75 Å². The highest BCUT2D eigenvalue weighted by Crippen LogP contribution is 2.26. The van der Waals surface area contributed by atoms with Gasteiger partial charge in [0.2, 0.25) is 0 Å². The summed E-state index contributed by atoms with van der Waals surface area (Å²) >= 11 is 0. The van der Waals surface area contributed by atoms with Crippen molar-refractivity contribution in [2.75, 3.05) is 13.1 Å². The maximum atomic E-state index is 13.9. The minimum absolute atomic E-state index is 0.0261. The average molecular weight is 427 g/mol. The minimum Gasteiger partial charge on any atom is -0.505 e. The molecule has 0 saturated carbocycles. The van der Waals surface area contributed by atoms with Crippen molar-refractivity contribution in [3.05, 3.63) is 68.9 Å². The quantitative estimate of drug-likeness (QED) is 0.625. The van der Waals surface area contributed by atoms with E-state index >= 15 is 0 Å². The van der Waals surface area contributed by atoms with E-state index in [0.29, 0.717) is 24.2 Å². The number of rotatable bonds is 6. The lowest BCUT2D eigenvalue weighted by Crippen LogP contribution is -2.31. The number of carboxylic acids is 1. The zero-order valence-corrected chi connectivity index (χ0v) is 17.3. The predicted molar refractivity (Wildman–Crippen MR) is 112 cm³/mol. The molecule has 0 atom stereocenters. The highest BCUT2D eigenvalue weighted by molar-refractivity contribution is 5.97. The minimum atomic E-state index is -1.54. The Kier molecular flexibility index (Phi) is 6.05. The Balaban J connectivity index is 2.10. The summed E-state index contributed by atoms with van der Waals surface area (Å²) in [6, 6.07) is 5.58. The second kappa shape index (κ2) is 8.55. The van der Waals surface area contributed by atoms with Crippen LogP contribution in [-0.4, -0.2) is 49.6 Å². The third-order valence-electron chi connectivity index (χ3n) is 5.23. The molecule has 0 aliphatic rings. The second-order valence-corrected chi connectivity index (χ2v) is 7.06. The van der Waals surface area contributed by atoms with Crippen molar-refractivity contribution in [3.8, 4) is 5.75 Å². The van der Waals surface area contributed by atoms with E-state index in [9.17, 15) is 29.0 Å². The molecular weight excluding hydrogens is 405 g/mol. The number of carbonyl (C=O) groups excluding carboxylic acids is 1. The summed E-state index contributed by atoms with van der Waals surface area (Å²) in [5.41, 5.74) is 0.0183. The molecule has 0 unspecified atom stereocenters. The topological polar surface area (TPSA) is 113 Å². The van der Waals surface area contributed by atoms with Crippen molar-refractivity contribution >= 4 is 22.9 Å². The molecule has 2 N–H and O–H groups in total. The largest absolute Gasteiger partial charge is 0.505 e. The van der Waals surface area contributed by atoms with E-state index < -0.39 is 28.7 Å². The predicted octanol–water partition coefficient (Wildman–Crippen LogP) is 2.55. The second-order valence-electron chi connectivity index (χ2n) is 7.06. The maximum Gasteiger partial charge on any atom is 0.345 e. The van der Waals surface area contributed by atoms with Crippen molar-refractivity contribution in [2.24, 2.45) is 7.05 Å². The molecule has 9 heteroatoms. The van der Waals surface area contributed by atoms with Gasteiger partial charge in [0, 0.05) is 31.9 Å². The first-order valence-electron chi connectivity index (χ1n) is 9.71. The monoisotopic (exact) mass is 427 g/mol. The SMILES string of the molecule is CCN(CC)C(=O)c1cc(F)ccc1Cc1cnc2c(O)c(C(=O)O)c(=O)n(C)c2c1. The highest BCUT2D eigenvalue weighted by atomic mass is 19.1. The fraction of sp³-hybridized carbons (Fsp3) is 0.273. The van der Waals surface area contributed by atoms with Crippen LogP contribution in [0.2, 0.25) is 0 Å². The molecule has 3 aromatic rings. The summed E-state index contributed by atoms with van der Waals surface area (Å²) in [6.45, 7) is 4.64. The van der Waals surface area contributed by atoms with Gasteiger partial charge >= 0.3 is 5.97 Å². The summed E-state index contributed by atoms with van der Waals surface area (Å²) in [4.78, 5) is 42.2. The van der Waals surface area contributed by atoms with Gasteiger partial charge in [0.1, 0.15) is 11.3 Å². The van der Waals surface area contributed by atoms with E-state index in [1.54, 1.807) is 11.0 Å². The maximum absolute atomic E-state index is 13.9. The number of benzene rings is 1. The van der Waals surface area contributed by atoms with Crippen LogP contribution in [-0.2, 0) is 13.5 Å². The van der Waals surface area contributed by atoms with Crippen molar-refractivity contribution in [3.63, 3.8) is 0 Å². The Morgan fingerprint density at radius 1 is 1.19 bits per heavy atom. The summed E-state index contributed by atoms with van der Waals surface area (Å²) in [6.07, 6.45) is 1.65. The number of carboxylic acid groups (broad SMARTS) is 1. The highest BCUT2D eigenvalue weighted by Gasteiger charge is 2.22. The zero-order chi connectivity index (χ0) is 22.9. The van der Waals surface area contributed by atoms with Gasteiger partial charge in [0.05, 0.1) is 5.52 Å². The molecule has 162 valence electrons. The van der Waals surface area contributed by atoms with Gasteiger partial charge in [-0.15, -0.1) is 0 Å². The molecular formula is C22H22FN3O5. The van der Waals surface area contributed by atoms with Crippen LogP contribution in [0, 0.1) is 5.82 Å². The van der Waals surface area contributed by atoms with Gasteiger partial charge in [-0.05, 0) is 49.6 Å². The molecule has 0 aliphatic heterocycles. The van der Waals surface area contributed by atoms with E-state index in [2.05, 4.69) is 4.98 Å². The number of aromatic hydroxyl groups is 1. The smallest absolute Gasteiger partial charge is 0.345 e. The molecule has 1 amide bonds. The third-order valence-corrected chi connectivity index (χ3v) is 5.23. The van der Waals surface area contributed by atoms with E-state index in [-0.39, 0.29) is 28.9 Å². The number of amides is 1. The fourth-order valence-electron chi connectivity index (χ4n) is 3.52. The Morgan fingerprint density at radius 3 is 2.48 bits per heavy atom. The van der Waals surface area contributed by atoms with E-state index in [1.807, 2.05) is 13.8 Å². The van der Waals surface area contributed by atoms with Gasteiger partial charge in [0.15, 0.2) is 11.3 Å². The Hall–Kier alpha value is -3.75. The molecule has 8 nitrogen and oxygen atoms in total. The van der Waals surface area contributed by atoms with E-state index in [0.717, 1.165) is 4.57 Å². The van der Waals surface area contributed by atoms with Gasteiger partial charge < -0.3 is 19.7 Å². The van der Waals surface area contributed by atoms with Gasteiger partial charge in [-0.3, -0.25) is 14.6 Å². The molecule has 0 spiro atoms. The Labute approximate surface area is 177 Å². The van der Waals surface area contributed by atoms with E-state index in [1.165, 1.54) is 31.4 Å². The Morgan fingerprint density at radius 2 is 1.87 bits per heavy atom. The number of fused-ring (bicyclic) bond motifs is 1. The van der Waals surface area contributed by atoms with Crippen LogP contribution in [0.25, 0.3) is 11.0 Å². The number of aryl methyl sites for hydroxylation is 1. The first-order chi connectivity index (χ1) is 14.7. The standard InChI is InChI=1S/C22H22FN3O5/c1-4-26(5-2)20(28)15-10-14(23)7-6-13(15)8-12-9-16-18(24-11-12)19(27)17(22(30)31)21(29)25(16)3/h6-7,9-11,27H,4-5,8H2,1-3H3,(H,30,31). The first-order valence-corrected chi connectivity index (χ1v) is 9.71. The normalized spacial score (nSPS) is 11.0. The van der Waals surface area contributed by atoms with Crippen LogP contribution >= 0.6 is 0 Å². The van der Waals surface area contributed by atoms with Gasteiger partial charge in [0.25, 0.3) is 11.5 Å². The van der Waals surface area contributed by atoms with Crippen LogP contribution < -0.4 is 5.56 Å². The molecule has 0 saturated heterocycles. The van der Waals surface area contributed by atoms with E-state index in [4.69, 9.17) is 0 Å². The summed E-state index contributed by atoms with van der Waals surface area (Å²) in [5, 5.41) is 19.4. The molecule has 1 aromatic carbocycles. The number of hydrogen-bond acceptors (Lipinski definition) is 5. The molecule has 0 fully saturated rings. The van der Waals surface area contributed by atoms with Gasteiger partial charge in [-0.1, -0.05) is 6.07 Å². The Bertz CT molecular complexity index is 1250. The summed E-state index contributed by atoms with van der Waals surface area (Å²) < 4.78 is 15.0. The molecule has 0 bridgehead atoms. The van der Waals surface area contributed by atoms with Gasteiger partial charge in [-0.2, -0.15) is 0 Å². The first kappa shape index (κ1) is 21.9. The molecule has 2 heterocycles. The van der Waals surface area contributed by atoms with Crippen LogP contribution in [0.1, 0.15) is 45.7 Å². The van der Waals surface area contributed by atoms with Crippen molar-refractivity contribution in [2.45, 2.75) is 20.3 Å². The molecule has 31 heavy (non-hydrogen) atoms. The number of pyridine rings is 2. The molecule has 2 aromatic heterocycles. The number of nitrogens with zero attached hydrogens (tertiary/aromatic N) is 3. The van der Waals surface area contributed by atoms with Crippen molar-refractivity contribution < 1.29 is 24.2 Å². The fourth-order valence-corrected chi connectivity index (χ4v) is 3.52. The molecule has 0 radical (unpaired) electrons. The third kappa shape index (κ3) is 3.98. The number of aromatic carboxylic acids is 1. The number of halogens is 1. The number of hydrogen-bond donors (Lipinski definition) is 2. The van der Waals surface area contributed by atoms with Gasteiger partial charge in [-0.25, -0.2) is 9.18 Å². The number of carbonyl (C=O) groups is 2. The zero-order valence-electron chi connectivity index (χ0n) is 17.3. The average Bonchev–Trinajstić information content (AvgIpc) is 2.74. The van der Waals surface area contributed by atoms with Crippen LogP contribution in [0.4, 0.5) is 4.39 Å². The lowest BCUT2D eigenvalue weighted by molar-refractivity contribution is 0.0690. The van der Waals surface area contributed by atoms with Crippen molar-refractivity contribution in [1.29, 1.82) is 0 Å². The summed E-state index contributed by atoms with van der Waals surface area (Å²) in [5.74, 6) is -3.05.